The monoisotopic (exact) mass is 438 g/mol. The molecule has 0 amide bonds. The number of esters is 1. The van der Waals surface area contributed by atoms with Crippen LogP contribution in [0.1, 0.15) is 61.0 Å². The first-order chi connectivity index (χ1) is 15.6. The van der Waals surface area contributed by atoms with Crippen LogP contribution in [0, 0.1) is 0 Å². The Bertz CT molecular complexity index is 1170. The summed E-state index contributed by atoms with van der Waals surface area (Å²) in [7, 11) is 2.90. The van der Waals surface area contributed by atoms with E-state index in [-0.39, 0.29) is 11.7 Å². The maximum absolute atomic E-state index is 13.7. The number of imidazole rings is 1. The maximum Gasteiger partial charge on any atom is 0.337 e. The van der Waals surface area contributed by atoms with E-state index in [2.05, 4.69) is 0 Å². The second-order valence-electron chi connectivity index (χ2n) is 8.13. The Balaban J connectivity index is 1.81. The molecule has 1 saturated carbocycles. The summed E-state index contributed by atoms with van der Waals surface area (Å²) in [6.45, 7) is 2.87. The van der Waals surface area contributed by atoms with Gasteiger partial charge in [-0.15, -0.1) is 0 Å². The van der Waals surface area contributed by atoms with E-state index in [9.17, 15) is 9.59 Å². The van der Waals surface area contributed by atoms with Crippen LogP contribution in [-0.4, -0.2) is 35.9 Å². The molecule has 1 aliphatic carbocycles. The summed E-state index contributed by atoms with van der Waals surface area (Å²) in [5.74, 6) is 0.885. The molecular weight excluding hydrogens is 408 g/mol. The van der Waals surface area contributed by atoms with Gasteiger partial charge in [0, 0.05) is 17.7 Å². The molecule has 0 atom stereocenters. The SMILES string of the molecule is CCOc1ccc2c(c1)n(C1CCCCC1)c(=O)n2Cc1ccc(C(=O)OC)cc1OC. The molecule has 1 heterocycles. The van der Waals surface area contributed by atoms with Gasteiger partial charge in [-0.25, -0.2) is 9.59 Å². The van der Waals surface area contributed by atoms with Crippen molar-refractivity contribution in [3.63, 3.8) is 0 Å². The van der Waals surface area contributed by atoms with E-state index in [4.69, 9.17) is 14.2 Å². The van der Waals surface area contributed by atoms with E-state index < -0.39 is 5.97 Å². The number of benzene rings is 2. The number of aromatic nitrogens is 2. The predicted octanol–water partition coefficient (Wildman–Crippen LogP) is 4.55. The molecule has 0 radical (unpaired) electrons. The number of nitrogens with zero attached hydrogens (tertiary/aromatic N) is 2. The minimum absolute atomic E-state index is 0.0281. The third kappa shape index (κ3) is 4.11. The number of fused-ring (bicyclic) bond motifs is 1. The van der Waals surface area contributed by atoms with E-state index in [1.165, 1.54) is 13.5 Å². The normalized spacial score (nSPS) is 14.5. The largest absolute Gasteiger partial charge is 0.496 e. The fraction of sp³-hybridized carbons (Fsp3) is 0.440. The Morgan fingerprint density at radius 1 is 1.03 bits per heavy atom. The third-order valence-electron chi connectivity index (χ3n) is 6.22. The Morgan fingerprint density at radius 3 is 2.50 bits per heavy atom. The van der Waals surface area contributed by atoms with Gasteiger partial charge in [0.2, 0.25) is 0 Å². The topological polar surface area (TPSA) is 71.7 Å². The van der Waals surface area contributed by atoms with Crippen molar-refractivity contribution in [2.75, 3.05) is 20.8 Å². The van der Waals surface area contributed by atoms with Crippen molar-refractivity contribution < 1.29 is 19.0 Å². The number of methoxy groups -OCH3 is 2. The molecule has 2 aromatic carbocycles. The van der Waals surface area contributed by atoms with Crippen LogP contribution in [0.2, 0.25) is 0 Å². The van der Waals surface area contributed by atoms with E-state index in [0.29, 0.717) is 24.5 Å². The number of ether oxygens (including phenoxy) is 3. The Hall–Kier alpha value is -3.22. The summed E-state index contributed by atoms with van der Waals surface area (Å²) in [5, 5.41) is 0. The van der Waals surface area contributed by atoms with Crippen molar-refractivity contribution in [3.8, 4) is 11.5 Å². The van der Waals surface area contributed by atoms with Gasteiger partial charge in [0.15, 0.2) is 0 Å². The average molecular weight is 439 g/mol. The fourth-order valence-electron chi connectivity index (χ4n) is 4.65. The second-order valence-corrected chi connectivity index (χ2v) is 8.13. The summed E-state index contributed by atoms with van der Waals surface area (Å²) in [4.78, 5) is 25.5. The van der Waals surface area contributed by atoms with Crippen molar-refractivity contribution in [2.24, 2.45) is 0 Å². The van der Waals surface area contributed by atoms with Crippen LogP contribution in [0.25, 0.3) is 11.0 Å². The molecule has 3 aromatic rings. The molecule has 0 aliphatic heterocycles. The number of carbonyl (C=O) groups excluding carboxylic acids is 1. The Labute approximate surface area is 187 Å². The molecule has 0 unspecified atom stereocenters. The highest BCUT2D eigenvalue weighted by atomic mass is 16.5. The number of rotatable bonds is 7. The summed E-state index contributed by atoms with van der Waals surface area (Å²) in [6, 6.07) is 11.2. The summed E-state index contributed by atoms with van der Waals surface area (Å²) in [5.41, 5.74) is 2.96. The van der Waals surface area contributed by atoms with Crippen LogP contribution in [0.5, 0.6) is 11.5 Å². The third-order valence-corrected chi connectivity index (χ3v) is 6.22. The first kappa shape index (κ1) is 22.0. The molecule has 0 bridgehead atoms. The Kier molecular flexibility index (Phi) is 6.53. The molecule has 1 aliphatic rings. The van der Waals surface area contributed by atoms with Gasteiger partial charge in [0.05, 0.1) is 44.0 Å². The van der Waals surface area contributed by atoms with Gasteiger partial charge >= 0.3 is 11.7 Å². The van der Waals surface area contributed by atoms with Crippen molar-refractivity contribution in [2.45, 2.75) is 51.6 Å². The van der Waals surface area contributed by atoms with Gasteiger partial charge in [-0.3, -0.25) is 9.13 Å². The quantitative estimate of drug-likeness (QED) is 0.506. The van der Waals surface area contributed by atoms with E-state index in [1.54, 1.807) is 23.8 Å². The lowest BCUT2D eigenvalue weighted by atomic mass is 9.95. The molecule has 7 heteroatoms. The van der Waals surface area contributed by atoms with Crippen molar-refractivity contribution >= 4 is 17.0 Å². The van der Waals surface area contributed by atoms with Gasteiger partial charge in [0.25, 0.3) is 0 Å². The van der Waals surface area contributed by atoms with E-state index in [0.717, 1.165) is 48.0 Å². The lowest BCUT2D eigenvalue weighted by Crippen LogP contribution is -2.29. The lowest BCUT2D eigenvalue weighted by Gasteiger charge is -2.23. The summed E-state index contributed by atoms with van der Waals surface area (Å²) < 4.78 is 19.8. The van der Waals surface area contributed by atoms with Gasteiger partial charge < -0.3 is 14.2 Å². The van der Waals surface area contributed by atoms with Crippen LogP contribution in [-0.2, 0) is 11.3 Å². The number of hydrogen-bond acceptors (Lipinski definition) is 5. The number of hydrogen-bond donors (Lipinski definition) is 0. The Morgan fingerprint density at radius 2 is 1.81 bits per heavy atom. The van der Waals surface area contributed by atoms with Crippen LogP contribution in [0.4, 0.5) is 0 Å². The second kappa shape index (κ2) is 9.51. The smallest absolute Gasteiger partial charge is 0.337 e. The van der Waals surface area contributed by atoms with Crippen LogP contribution in [0.15, 0.2) is 41.2 Å². The molecule has 1 fully saturated rings. The van der Waals surface area contributed by atoms with E-state index >= 15 is 0 Å². The fourth-order valence-corrected chi connectivity index (χ4v) is 4.65. The zero-order valence-electron chi connectivity index (χ0n) is 18.9. The van der Waals surface area contributed by atoms with Crippen molar-refractivity contribution in [1.29, 1.82) is 0 Å². The van der Waals surface area contributed by atoms with Crippen LogP contribution in [0.3, 0.4) is 0 Å². The van der Waals surface area contributed by atoms with Crippen LogP contribution < -0.4 is 15.2 Å². The first-order valence-corrected chi connectivity index (χ1v) is 11.2. The highest BCUT2D eigenvalue weighted by Gasteiger charge is 2.23. The molecule has 4 rings (SSSR count). The minimum Gasteiger partial charge on any atom is -0.496 e. The van der Waals surface area contributed by atoms with Gasteiger partial charge in [-0.1, -0.05) is 25.3 Å². The first-order valence-electron chi connectivity index (χ1n) is 11.2. The molecule has 170 valence electrons. The highest BCUT2D eigenvalue weighted by Crippen LogP contribution is 2.32. The standard InChI is InChI=1S/C25H30N2O5/c1-4-32-20-12-13-21-22(15-20)27(19-8-6-5-7-9-19)25(29)26(21)16-18-11-10-17(24(28)31-3)14-23(18)30-2/h10-15,19H,4-9,16H2,1-3H3. The molecule has 1 aromatic heterocycles. The molecule has 0 spiro atoms. The molecule has 0 N–H and O–H groups in total. The van der Waals surface area contributed by atoms with Gasteiger partial charge in [-0.2, -0.15) is 0 Å². The molecule has 0 saturated heterocycles. The molecular formula is C25H30N2O5. The lowest BCUT2D eigenvalue weighted by molar-refractivity contribution is 0.0600. The van der Waals surface area contributed by atoms with Crippen LogP contribution >= 0.6 is 0 Å². The van der Waals surface area contributed by atoms with E-state index in [1.807, 2.05) is 35.8 Å². The number of carbonyl (C=O) groups is 1. The van der Waals surface area contributed by atoms with Crippen molar-refractivity contribution in [3.05, 3.63) is 58.0 Å². The minimum atomic E-state index is -0.427. The average Bonchev–Trinajstić information content (AvgIpc) is 3.10. The molecule has 32 heavy (non-hydrogen) atoms. The van der Waals surface area contributed by atoms with Gasteiger partial charge in [-0.05, 0) is 44.0 Å². The van der Waals surface area contributed by atoms with Crippen molar-refractivity contribution in [1.82, 2.24) is 9.13 Å². The summed E-state index contributed by atoms with van der Waals surface area (Å²) in [6.07, 6.45) is 5.51. The summed E-state index contributed by atoms with van der Waals surface area (Å²) >= 11 is 0. The highest BCUT2D eigenvalue weighted by molar-refractivity contribution is 5.90. The maximum atomic E-state index is 13.7. The zero-order chi connectivity index (χ0) is 22.7. The zero-order valence-corrected chi connectivity index (χ0v) is 18.9. The van der Waals surface area contributed by atoms with Gasteiger partial charge in [0.1, 0.15) is 11.5 Å². The molecule has 7 nitrogen and oxygen atoms in total. The predicted molar refractivity (Wildman–Crippen MR) is 123 cm³/mol.